The lowest BCUT2D eigenvalue weighted by molar-refractivity contribution is -0.122. The fourth-order valence-corrected chi connectivity index (χ4v) is 3.61. The van der Waals surface area contributed by atoms with Gasteiger partial charge in [-0.1, -0.05) is 91.0 Å². The van der Waals surface area contributed by atoms with Gasteiger partial charge in [-0.15, -0.1) is 0 Å². The molecule has 0 aliphatic carbocycles. The van der Waals surface area contributed by atoms with E-state index in [9.17, 15) is 4.79 Å². The molecule has 1 heterocycles. The maximum absolute atomic E-state index is 13.6. The van der Waals surface area contributed by atoms with Crippen molar-refractivity contribution in [3.05, 3.63) is 126 Å². The number of aryl methyl sites for hydroxylation is 1. The molecule has 4 rings (SSSR count). The van der Waals surface area contributed by atoms with Crippen LogP contribution in [0.4, 0.5) is 0 Å². The molecule has 1 amide bonds. The summed E-state index contributed by atoms with van der Waals surface area (Å²) in [5.74, 6) is 0.340. The van der Waals surface area contributed by atoms with Crippen LogP contribution < -0.4 is 5.32 Å². The molecule has 0 saturated heterocycles. The first-order valence-electron chi connectivity index (χ1n) is 9.66. The third-order valence-corrected chi connectivity index (χ3v) is 5.06. The van der Waals surface area contributed by atoms with Gasteiger partial charge in [-0.3, -0.25) is 4.79 Å². The van der Waals surface area contributed by atoms with E-state index in [1.165, 1.54) is 0 Å². The smallest absolute Gasteiger partial charge is 0.232 e. The molecule has 0 unspecified atom stereocenters. The van der Waals surface area contributed by atoms with Gasteiger partial charge in [0.2, 0.25) is 5.91 Å². The maximum Gasteiger partial charge on any atom is 0.232 e. The Hall–Kier alpha value is -3.66. The van der Waals surface area contributed by atoms with Crippen LogP contribution in [0.25, 0.3) is 0 Å². The highest BCUT2D eigenvalue weighted by Gasteiger charge is 2.27. The molecule has 0 aliphatic rings. The number of nitrogens with zero attached hydrogens (tertiary/aromatic N) is 2. The quantitative estimate of drug-likeness (QED) is 0.536. The molecule has 1 N–H and O–H groups in total. The number of nitrogens with one attached hydrogen (secondary N) is 1. The monoisotopic (exact) mass is 381 g/mol. The number of aromatic nitrogens is 2. The molecule has 4 aromatic rings. The zero-order valence-electron chi connectivity index (χ0n) is 16.3. The molecule has 144 valence electrons. The van der Waals surface area contributed by atoms with Crippen LogP contribution in [0.2, 0.25) is 0 Å². The fraction of sp³-hybridized carbons (Fsp3) is 0.120. The first-order valence-corrected chi connectivity index (χ1v) is 9.66. The number of hydrogen-bond donors (Lipinski definition) is 1. The Labute approximate surface area is 170 Å². The van der Waals surface area contributed by atoms with Crippen molar-refractivity contribution in [2.24, 2.45) is 7.05 Å². The number of rotatable bonds is 6. The zero-order valence-corrected chi connectivity index (χ0v) is 16.3. The van der Waals surface area contributed by atoms with Gasteiger partial charge in [-0.25, -0.2) is 4.98 Å². The number of carbonyl (C=O) groups is 1. The fourth-order valence-electron chi connectivity index (χ4n) is 3.61. The van der Waals surface area contributed by atoms with Crippen LogP contribution in [0.15, 0.2) is 103 Å². The van der Waals surface area contributed by atoms with Crippen LogP contribution in [0.5, 0.6) is 0 Å². The van der Waals surface area contributed by atoms with Crippen molar-refractivity contribution < 1.29 is 4.79 Å². The molecule has 4 nitrogen and oxygen atoms in total. The number of carbonyl (C=O) groups excluding carboxylic acids is 1. The average molecular weight is 381 g/mol. The lowest BCUT2D eigenvalue weighted by Crippen LogP contribution is -2.35. The van der Waals surface area contributed by atoms with Gasteiger partial charge in [0.15, 0.2) is 0 Å². The van der Waals surface area contributed by atoms with Crippen molar-refractivity contribution >= 4 is 5.91 Å². The molecular weight excluding hydrogens is 358 g/mol. The Morgan fingerprint density at radius 2 is 1.28 bits per heavy atom. The van der Waals surface area contributed by atoms with Crippen LogP contribution in [0.3, 0.4) is 0 Å². The molecule has 0 radical (unpaired) electrons. The molecule has 0 fully saturated rings. The molecule has 0 spiro atoms. The summed E-state index contributed by atoms with van der Waals surface area (Å²) in [5.41, 5.74) is 2.92. The summed E-state index contributed by atoms with van der Waals surface area (Å²) in [5, 5.41) is 3.25. The summed E-state index contributed by atoms with van der Waals surface area (Å²) in [7, 11) is 1.94. The number of amides is 1. The van der Waals surface area contributed by atoms with Crippen LogP contribution in [-0.2, 0) is 11.8 Å². The number of imidazole rings is 1. The highest BCUT2D eigenvalue weighted by atomic mass is 16.2. The number of benzene rings is 3. The van der Waals surface area contributed by atoms with Gasteiger partial charge in [0.25, 0.3) is 0 Å². The van der Waals surface area contributed by atoms with Crippen molar-refractivity contribution in [3.8, 4) is 0 Å². The van der Waals surface area contributed by atoms with E-state index < -0.39 is 5.92 Å². The molecule has 1 atom stereocenters. The molecular formula is C25H23N3O. The SMILES string of the molecule is Cn1ccnc1[C@@H](NC(=O)C(c1ccccc1)c1ccccc1)c1ccccc1. The topological polar surface area (TPSA) is 46.9 Å². The Bertz CT molecular complexity index is 1020. The Balaban J connectivity index is 1.72. The van der Waals surface area contributed by atoms with Crippen LogP contribution >= 0.6 is 0 Å². The van der Waals surface area contributed by atoms with Gasteiger partial charge >= 0.3 is 0 Å². The Morgan fingerprint density at radius 3 is 1.72 bits per heavy atom. The maximum atomic E-state index is 13.6. The molecule has 3 aromatic carbocycles. The zero-order chi connectivity index (χ0) is 20.1. The van der Waals surface area contributed by atoms with Gasteiger partial charge < -0.3 is 9.88 Å². The third-order valence-electron chi connectivity index (χ3n) is 5.06. The number of hydrogen-bond acceptors (Lipinski definition) is 2. The van der Waals surface area contributed by atoms with E-state index in [1.54, 1.807) is 6.20 Å². The highest BCUT2D eigenvalue weighted by molar-refractivity contribution is 5.87. The first-order chi connectivity index (χ1) is 14.2. The molecule has 4 heteroatoms. The van der Waals surface area contributed by atoms with E-state index in [-0.39, 0.29) is 11.9 Å². The second kappa shape index (κ2) is 8.57. The van der Waals surface area contributed by atoms with E-state index in [4.69, 9.17) is 0 Å². The first kappa shape index (κ1) is 18.7. The van der Waals surface area contributed by atoms with Crippen LogP contribution in [0, 0.1) is 0 Å². The average Bonchev–Trinajstić information content (AvgIpc) is 3.20. The summed E-state index contributed by atoms with van der Waals surface area (Å²) < 4.78 is 1.94. The van der Waals surface area contributed by atoms with Crippen LogP contribution in [0.1, 0.15) is 34.5 Å². The van der Waals surface area contributed by atoms with Crippen molar-refractivity contribution in [2.75, 3.05) is 0 Å². The lowest BCUT2D eigenvalue weighted by Gasteiger charge is -2.24. The van der Waals surface area contributed by atoms with Crippen molar-refractivity contribution in [1.82, 2.24) is 14.9 Å². The molecule has 29 heavy (non-hydrogen) atoms. The third kappa shape index (κ3) is 4.11. The van der Waals surface area contributed by atoms with Gasteiger partial charge in [0, 0.05) is 19.4 Å². The summed E-state index contributed by atoms with van der Waals surface area (Å²) in [6, 6.07) is 29.4. The van der Waals surface area contributed by atoms with Crippen molar-refractivity contribution in [1.29, 1.82) is 0 Å². The summed E-state index contributed by atoms with van der Waals surface area (Å²) in [6.07, 6.45) is 3.65. The van der Waals surface area contributed by atoms with E-state index in [2.05, 4.69) is 10.3 Å². The molecule has 0 bridgehead atoms. The minimum Gasteiger partial charge on any atom is -0.341 e. The van der Waals surface area contributed by atoms with Gasteiger partial charge in [0.1, 0.15) is 11.9 Å². The van der Waals surface area contributed by atoms with E-state index in [1.807, 2.05) is 109 Å². The largest absolute Gasteiger partial charge is 0.341 e. The van der Waals surface area contributed by atoms with Crippen molar-refractivity contribution in [3.63, 3.8) is 0 Å². The predicted octanol–water partition coefficient (Wildman–Crippen LogP) is 4.46. The second-order valence-electron chi connectivity index (χ2n) is 7.00. The summed E-state index contributed by atoms with van der Waals surface area (Å²) in [4.78, 5) is 18.1. The highest BCUT2D eigenvalue weighted by Crippen LogP contribution is 2.27. The van der Waals surface area contributed by atoms with E-state index >= 15 is 0 Å². The van der Waals surface area contributed by atoms with E-state index in [0.29, 0.717) is 0 Å². The Morgan fingerprint density at radius 1 is 0.793 bits per heavy atom. The minimum absolute atomic E-state index is 0.0562. The molecule has 0 saturated carbocycles. The van der Waals surface area contributed by atoms with Gasteiger partial charge in [-0.05, 0) is 16.7 Å². The molecule has 0 aliphatic heterocycles. The Kier molecular flexibility index (Phi) is 5.52. The van der Waals surface area contributed by atoms with Crippen LogP contribution in [-0.4, -0.2) is 15.5 Å². The van der Waals surface area contributed by atoms with E-state index in [0.717, 1.165) is 22.5 Å². The minimum atomic E-state index is -0.399. The summed E-state index contributed by atoms with van der Waals surface area (Å²) in [6.45, 7) is 0. The normalized spacial score (nSPS) is 11.9. The van der Waals surface area contributed by atoms with Crippen molar-refractivity contribution in [2.45, 2.75) is 12.0 Å². The standard InChI is InChI=1S/C25H23N3O/c1-28-18-17-26-24(28)23(21-15-9-4-10-16-21)27-25(29)22(19-11-5-2-6-12-19)20-13-7-3-8-14-20/h2-18,22-23H,1H3,(H,27,29)/t23-/m0/s1. The summed E-state index contributed by atoms with van der Waals surface area (Å²) >= 11 is 0. The second-order valence-corrected chi connectivity index (χ2v) is 7.00. The van der Waals surface area contributed by atoms with Gasteiger partial charge in [0.05, 0.1) is 5.92 Å². The lowest BCUT2D eigenvalue weighted by atomic mass is 9.90. The molecule has 1 aromatic heterocycles. The van der Waals surface area contributed by atoms with Gasteiger partial charge in [-0.2, -0.15) is 0 Å². The predicted molar refractivity (Wildman–Crippen MR) is 114 cm³/mol.